The SMILES string of the molecule is COc1ccc(/C=N\O)cc1OCc1cccc(Br)c1. The van der Waals surface area contributed by atoms with Crippen LogP contribution in [0.25, 0.3) is 0 Å². The molecule has 0 amide bonds. The van der Waals surface area contributed by atoms with E-state index in [9.17, 15) is 0 Å². The summed E-state index contributed by atoms with van der Waals surface area (Å²) in [5.41, 5.74) is 1.78. The molecule has 0 fully saturated rings. The van der Waals surface area contributed by atoms with E-state index in [1.54, 1.807) is 25.3 Å². The van der Waals surface area contributed by atoms with Crippen molar-refractivity contribution in [3.63, 3.8) is 0 Å². The number of nitrogens with zero attached hydrogens (tertiary/aromatic N) is 1. The second-order valence-corrected chi connectivity index (χ2v) is 4.99. The third kappa shape index (κ3) is 3.74. The van der Waals surface area contributed by atoms with Crippen LogP contribution in [0.2, 0.25) is 0 Å². The minimum absolute atomic E-state index is 0.426. The van der Waals surface area contributed by atoms with Gasteiger partial charge in [0.05, 0.1) is 13.3 Å². The number of halogens is 1. The summed E-state index contributed by atoms with van der Waals surface area (Å²) in [4.78, 5) is 0. The fourth-order valence-electron chi connectivity index (χ4n) is 1.74. The van der Waals surface area contributed by atoms with Crippen molar-refractivity contribution in [2.75, 3.05) is 7.11 Å². The third-order valence-electron chi connectivity index (χ3n) is 2.68. The normalized spacial score (nSPS) is 10.7. The van der Waals surface area contributed by atoms with Crippen LogP contribution in [0.5, 0.6) is 11.5 Å². The van der Waals surface area contributed by atoms with Crippen LogP contribution in [0.4, 0.5) is 0 Å². The highest BCUT2D eigenvalue weighted by Gasteiger charge is 2.06. The Bertz CT molecular complexity index is 614. The van der Waals surface area contributed by atoms with E-state index >= 15 is 0 Å². The number of benzene rings is 2. The van der Waals surface area contributed by atoms with Gasteiger partial charge in [-0.1, -0.05) is 33.2 Å². The molecule has 2 aromatic carbocycles. The predicted octanol–water partition coefficient (Wildman–Crippen LogP) is 3.84. The molecule has 0 aliphatic carbocycles. The largest absolute Gasteiger partial charge is 0.493 e. The molecule has 0 aliphatic rings. The number of oxime groups is 1. The van der Waals surface area contributed by atoms with Gasteiger partial charge < -0.3 is 14.7 Å². The van der Waals surface area contributed by atoms with Gasteiger partial charge in [0.1, 0.15) is 6.61 Å². The van der Waals surface area contributed by atoms with Crippen LogP contribution in [0.3, 0.4) is 0 Å². The number of hydrogen-bond acceptors (Lipinski definition) is 4. The second-order valence-electron chi connectivity index (χ2n) is 4.07. The highest BCUT2D eigenvalue weighted by molar-refractivity contribution is 9.10. The molecule has 2 aromatic rings. The zero-order chi connectivity index (χ0) is 14.4. The summed E-state index contributed by atoms with van der Waals surface area (Å²) >= 11 is 3.42. The van der Waals surface area contributed by atoms with Crippen molar-refractivity contribution in [1.29, 1.82) is 0 Å². The van der Waals surface area contributed by atoms with E-state index in [2.05, 4.69) is 21.1 Å². The van der Waals surface area contributed by atoms with Gasteiger partial charge in [-0.2, -0.15) is 0 Å². The third-order valence-corrected chi connectivity index (χ3v) is 3.17. The molecular formula is C15H14BrNO3. The zero-order valence-electron chi connectivity index (χ0n) is 10.9. The Morgan fingerprint density at radius 2 is 2.05 bits per heavy atom. The molecule has 0 saturated heterocycles. The van der Waals surface area contributed by atoms with Crippen LogP contribution in [0.1, 0.15) is 11.1 Å². The summed E-state index contributed by atoms with van der Waals surface area (Å²) in [5, 5.41) is 11.6. The van der Waals surface area contributed by atoms with E-state index in [1.165, 1.54) is 6.21 Å². The first-order valence-electron chi connectivity index (χ1n) is 5.95. The summed E-state index contributed by atoms with van der Waals surface area (Å²) in [5.74, 6) is 1.24. The summed E-state index contributed by atoms with van der Waals surface area (Å²) in [6.07, 6.45) is 1.34. The van der Waals surface area contributed by atoms with Crippen LogP contribution in [-0.4, -0.2) is 18.5 Å². The maximum absolute atomic E-state index is 8.57. The van der Waals surface area contributed by atoms with Gasteiger partial charge in [0.25, 0.3) is 0 Å². The quantitative estimate of drug-likeness (QED) is 0.513. The molecule has 4 nitrogen and oxygen atoms in total. The zero-order valence-corrected chi connectivity index (χ0v) is 12.5. The lowest BCUT2D eigenvalue weighted by atomic mass is 10.2. The molecule has 104 valence electrons. The molecule has 0 aromatic heterocycles. The number of hydrogen-bond donors (Lipinski definition) is 1. The van der Waals surface area contributed by atoms with E-state index in [0.29, 0.717) is 18.1 Å². The average molecular weight is 336 g/mol. The Morgan fingerprint density at radius 1 is 1.20 bits per heavy atom. The van der Waals surface area contributed by atoms with Crippen LogP contribution in [0.15, 0.2) is 52.1 Å². The van der Waals surface area contributed by atoms with Gasteiger partial charge in [-0.15, -0.1) is 0 Å². The lowest BCUT2D eigenvalue weighted by molar-refractivity contribution is 0.284. The first-order valence-corrected chi connectivity index (χ1v) is 6.75. The topological polar surface area (TPSA) is 51.0 Å². The van der Waals surface area contributed by atoms with Crippen molar-refractivity contribution in [3.05, 3.63) is 58.1 Å². The van der Waals surface area contributed by atoms with E-state index in [4.69, 9.17) is 14.7 Å². The Balaban J connectivity index is 2.17. The first-order chi connectivity index (χ1) is 9.72. The Morgan fingerprint density at radius 3 is 2.75 bits per heavy atom. The van der Waals surface area contributed by atoms with Gasteiger partial charge in [-0.25, -0.2) is 0 Å². The summed E-state index contributed by atoms with van der Waals surface area (Å²) in [6.45, 7) is 0.426. The van der Waals surface area contributed by atoms with E-state index < -0.39 is 0 Å². The lowest BCUT2D eigenvalue weighted by Gasteiger charge is -2.11. The second kappa shape index (κ2) is 6.96. The minimum Gasteiger partial charge on any atom is -0.493 e. The summed E-state index contributed by atoms with van der Waals surface area (Å²) in [6, 6.07) is 13.2. The van der Waals surface area contributed by atoms with E-state index in [0.717, 1.165) is 15.6 Å². The fourth-order valence-corrected chi connectivity index (χ4v) is 2.19. The molecule has 0 bridgehead atoms. The maximum Gasteiger partial charge on any atom is 0.162 e. The predicted molar refractivity (Wildman–Crippen MR) is 80.8 cm³/mol. The van der Waals surface area contributed by atoms with Gasteiger partial charge in [0.2, 0.25) is 0 Å². The Kier molecular flexibility index (Phi) is 5.01. The lowest BCUT2D eigenvalue weighted by Crippen LogP contribution is -1.98. The molecular weight excluding hydrogens is 322 g/mol. The molecule has 5 heteroatoms. The Hall–Kier alpha value is -2.01. The van der Waals surface area contributed by atoms with Crippen molar-refractivity contribution in [2.45, 2.75) is 6.61 Å². The highest BCUT2D eigenvalue weighted by atomic mass is 79.9. The average Bonchev–Trinajstić information content (AvgIpc) is 2.46. The minimum atomic E-state index is 0.426. The molecule has 0 saturated carbocycles. The molecule has 0 heterocycles. The van der Waals surface area contributed by atoms with Crippen molar-refractivity contribution in [1.82, 2.24) is 0 Å². The smallest absolute Gasteiger partial charge is 0.162 e. The molecule has 0 spiro atoms. The summed E-state index contributed by atoms with van der Waals surface area (Å²) < 4.78 is 12.0. The molecule has 20 heavy (non-hydrogen) atoms. The highest BCUT2D eigenvalue weighted by Crippen LogP contribution is 2.28. The first kappa shape index (κ1) is 14.4. The van der Waals surface area contributed by atoms with Gasteiger partial charge in [-0.3, -0.25) is 0 Å². The molecule has 0 aliphatic heterocycles. The van der Waals surface area contributed by atoms with Gasteiger partial charge in [0.15, 0.2) is 11.5 Å². The maximum atomic E-state index is 8.57. The molecule has 0 unspecified atom stereocenters. The fraction of sp³-hybridized carbons (Fsp3) is 0.133. The standard InChI is InChI=1S/C15H14BrNO3/c1-19-14-6-5-11(9-17-18)8-15(14)20-10-12-3-2-4-13(16)7-12/h2-9,18H,10H2,1H3/b17-9-. The van der Waals surface area contributed by atoms with Crippen LogP contribution in [0, 0.1) is 0 Å². The van der Waals surface area contributed by atoms with Crippen LogP contribution in [-0.2, 0) is 6.61 Å². The Labute approximate surface area is 125 Å². The number of rotatable bonds is 5. The van der Waals surface area contributed by atoms with Gasteiger partial charge in [-0.05, 0) is 35.9 Å². The van der Waals surface area contributed by atoms with Crippen molar-refractivity contribution < 1.29 is 14.7 Å². The summed E-state index contributed by atoms with van der Waals surface area (Å²) in [7, 11) is 1.58. The molecule has 1 N–H and O–H groups in total. The van der Waals surface area contributed by atoms with E-state index in [1.807, 2.05) is 24.3 Å². The molecule has 2 rings (SSSR count). The van der Waals surface area contributed by atoms with E-state index in [-0.39, 0.29) is 0 Å². The van der Waals surface area contributed by atoms with Crippen molar-refractivity contribution >= 4 is 22.1 Å². The van der Waals surface area contributed by atoms with Crippen molar-refractivity contribution in [2.24, 2.45) is 5.16 Å². The van der Waals surface area contributed by atoms with Crippen LogP contribution >= 0.6 is 15.9 Å². The number of ether oxygens (including phenoxy) is 2. The van der Waals surface area contributed by atoms with Gasteiger partial charge >= 0.3 is 0 Å². The van der Waals surface area contributed by atoms with Crippen molar-refractivity contribution in [3.8, 4) is 11.5 Å². The van der Waals surface area contributed by atoms with Gasteiger partial charge in [0, 0.05) is 10.0 Å². The monoisotopic (exact) mass is 335 g/mol. The molecule has 0 radical (unpaired) electrons. The van der Waals surface area contributed by atoms with Crippen LogP contribution < -0.4 is 9.47 Å². The molecule has 0 atom stereocenters. The number of methoxy groups -OCH3 is 1.